The summed E-state index contributed by atoms with van der Waals surface area (Å²) in [6.45, 7) is 0.833. The second-order valence-electron chi connectivity index (χ2n) is 8.22. The van der Waals surface area contributed by atoms with Gasteiger partial charge in [-0.25, -0.2) is 9.97 Å². The highest BCUT2D eigenvalue weighted by Gasteiger charge is 2.25. The first-order chi connectivity index (χ1) is 16.1. The number of benzene rings is 1. The third-order valence-corrected chi connectivity index (χ3v) is 6.79. The van der Waals surface area contributed by atoms with Gasteiger partial charge in [-0.2, -0.15) is 0 Å². The van der Waals surface area contributed by atoms with Gasteiger partial charge in [0, 0.05) is 36.4 Å². The highest BCUT2D eigenvalue weighted by atomic mass is 32.2. The maximum Gasteiger partial charge on any atom is 0.290 e. The van der Waals surface area contributed by atoms with Crippen LogP contribution >= 0.6 is 11.8 Å². The van der Waals surface area contributed by atoms with Crippen LogP contribution in [0.15, 0.2) is 53.7 Å². The van der Waals surface area contributed by atoms with E-state index in [1.807, 2.05) is 18.3 Å². The molecule has 3 heterocycles. The second-order valence-corrected chi connectivity index (χ2v) is 9.23. The van der Waals surface area contributed by atoms with E-state index in [1.165, 1.54) is 10.9 Å². The van der Waals surface area contributed by atoms with Crippen LogP contribution < -0.4 is 16.0 Å². The molecule has 2 fully saturated rings. The molecular formula is C24H24N6O2S. The van der Waals surface area contributed by atoms with E-state index in [0.29, 0.717) is 28.6 Å². The number of amides is 2. The molecule has 0 radical (unpaired) electrons. The number of hydrogen-bond donors (Lipinski definition) is 3. The lowest BCUT2D eigenvalue weighted by molar-refractivity contribution is -0.115. The summed E-state index contributed by atoms with van der Waals surface area (Å²) in [5.41, 5.74) is 2.90. The molecular weight excluding hydrogens is 436 g/mol. The molecule has 0 unspecified atom stereocenters. The van der Waals surface area contributed by atoms with Crippen molar-refractivity contribution in [3.05, 3.63) is 65.0 Å². The Morgan fingerprint density at radius 1 is 1.00 bits per heavy atom. The monoisotopic (exact) mass is 460 g/mol. The van der Waals surface area contributed by atoms with Crippen LogP contribution in [0.2, 0.25) is 0 Å². The predicted molar refractivity (Wildman–Crippen MR) is 129 cm³/mol. The van der Waals surface area contributed by atoms with Crippen molar-refractivity contribution >= 4 is 45.8 Å². The van der Waals surface area contributed by atoms with Crippen LogP contribution in [0.4, 0.5) is 10.7 Å². The fourth-order valence-electron chi connectivity index (χ4n) is 4.28. The predicted octanol–water partition coefficient (Wildman–Crippen LogP) is 3.86. The molecule has 8 nitrogen and oxygen atoms in total. The summed E-state index contributed by atoms with van der Waals surface area (Å²) in [4.78, 5) is 36.7. The lowest BCUT2D eigenvalue weighted by atomic mass is 9.91. The average molecular weight is 461 g/mol. The lowest BCUT2D eigenvalue weighted by Gasteiger charge is -2.30. The molecule has 0 atom stereocenters. The summed E-state index contributed by atoms with van der Waals surface area (Å²) in [6.07, 6.45) is 9.29. The van der Waals surface area contributed by atoms with Gasteiger partial charge < -0.3 is 10.6 Å². The second kappa shape index (κ2) is 9.68. The number of aromatic nitrogens is 3. The van der Waals surface area contributed by atoms with E-state index in [0.717, 1.165) is 49.5 Å². The number of rotatable bonds is 6. The Balaban J connectivity index is 1.14. The van der Waals surface area contributed by atoms with Crippen LogP contribution in [-0.2, 0) is 11.3 Å². The number of pyridine rings is 1. The summed E-state index contributed by atoms with van der Waals surface area (Å²) < 4.78 is 0. The van der Waals surface area contributed by atoms with Crippen LogP contribution in [0.1, 0.15) is 36.9 Å². The van der Waals surface area contributed by atoms with Crippen molar-refractivity contribution in [1.82, 2.24) is 25.6 Å². The Morgan fingerprint density at radius 2 is 1.85 bits per heavy atom. The largest absolute Gasteiger partial charge is 0.351 e. The summed E-state index contributed by atoms with van der Waals surface area (Å²) in [7, 11) is 0. The van der Waals surface area contributed by atoms with Gasteiger partial charge in [-0.05, 0) is 67.3 Å². The minimum Gasteiger partial charge on any atom is -0.351 e. The molecule has 168 valence electrons. The SMILES string of the molecule is O=C1NC(=O)/C(=C/c2ccnc(N[C@H]3CC[C@H](NCc4cccc5ncccc45)CC3)n2)S1. The molecule has 1 saturated carbocycles. The third kappa shape index (κ3) is 5.20. The van der Waals surface area contributed by atoms with E-state index in [4.69, 9.17) is 0 Å². The fourth-order valence-corrected chi connectivity index (χ4v) is 4.94. The molecule has 3 aromatic rings. The Kier molecular flexibility index (Phi) is 6.32. The third-order valence-electron chi connectivity index (χ3n) is 5.98. The van der Waals surface area contributed by atoms with Crippen LogP contribution in [-0.4, -0.2) is 38.2 Å². The molecule has 3 N–H and O–H groups in total. The van der Waals surface area contributed by atoms with Crippen molar-refractivity contribution in [3.63, 3.8) is 0 Å². The number of nitrogens with one attached hydrogen (secondary N) is 3. The van der Waals surface area contributed by atoms with Crippen LogP contribution in [0, 0.1) is 0 Å². The molecule has 9 heteroatoms. The minimum atomic E-state index is -0.385. The zero-order valence-electron chi connectivity index (χ0n) is 18.0. The van der Waals surface area contributed by atoms with Gasteiger partial charge in [0.15, 0.2) is 0 Å². The standard InChI is InChI=1S/C24H24N6O2S/c31-22-21(33-24(32)30-22)13-18-10-12-26-23(29-18)28-17-8-6-16(7-9-17)27-14-15-3-1-5-20-19(15)4-2-11-25-20/h1-5,10-13,16-17,27H,6-9,14H2,(H,26,28,29)(H,30,31,32)/b21-13-/t16-,17-. The first-order valence-electron chi connectivity index (χ1n) is 11.0. The highest BCUT2D eigenvalue weighted by Crippen LogP contribution is 2.26. The number of hydrogen-bond acceptors (Lipinski definition) is 8. The number of imide groups is 1. The molecule has 1 aromatic carbocycles. The molecule has 1 saturated heterocycles. The normalized spacial score (nSPS) is 22.0. The fraction of sp³-hybridized carbons (Fsp3) is 0.292. The van der Waals surface area contributed by atoms with Crippen molar-refractivity contribution in [2.75, 3.05) is 5.32 Å². The van der Waals surface area contributed by atoms with Gasteiger partial charge in [-0.3, -0.25) is 19.9 Å². The minimum absolute atomic E-state index is 0.304. The van der Waals surface area contributed by atoms with Crippen molar-refractivity contribution < 1.29 is 9.59 Å². The Bertz CT molecular complexity index is 1220. The van der Waals surface area contributed by atoms with Crippen molar-refractivity contribution in [2.24, 2.45) is 0 Å². The van der Waals surface area contributed by atoms with E-state index >= 15 is 0 Å². The molecule has 5 rings (SSSR count). The molecule has 1 aliphatic heterocycles. The van der Waals surface area contributed by atoms with Gasteiger partial charge in [-0.1, -0.05) is 18.2 Å². The number of nitrogens with zero attached hydrogens (tertiary/aromatic N) is 3. The van der Waals surface area contributed by atoms with Crippen LogP contribution in [0.25, 0.3) is 17.0 Å². The Hall–Kier alpha value is -3.30. The first-order valence-corrected chi connectivity index (χ1v) is 11.9. The number of anilines is 1. The van der Waals surface area contributed by atoms with E-state index in [-0.39, 0.29) is 11.1 Å². The summed E-state index contributed by atoms with van der Waals surface area (Å²) in [6, 6.07) is 12.9. The van der Waals surface area contributed by atoms with Gasteiger partial charge in [0.2, 0.25) is 5.95 Å². The summed E-state index contributed by atoms with van der Waals surface area (Å²) in [5, 5.41) is 10.2. The highest BCUT2D eigenvalue weighted by molar-refractivity contribution is 8.18. The molecule has 2 aliphatic rings. The zero-order valence-corrected chi connectivity index (χ0v) is 18.8. The molecule has 2 amide bonds. The van der Waals surface area contributed by atoms with Crippen molar-refractivity contribution in [1.29, 1.82) is 0 Å². The quantitative estimate of drug-likeness (QED) is 0.476. The maximum atomic E-state index is 11.7. The van der Waals surface area contributed by atoms with Crippen LogP contribution in [0.3, 0.4) is 0 Å². The van der Waals surface area contributed by atoms with E-state index in [9.17, 15) is 9.59 Å². The molecule has 0 bridgehead atoms. The van der Waals surface area contributed by atoms with Gasteiger partial charge in [-0.15, -0.1) is 0 Å². The number of carbonyl (C=O) groups is 2. The molecule has 2 aromatic heterocycles. The van der Waals surface area contributed by atoms with Gasteiger partial charge in [0.25, 0.3) is 11.1 Å². The Morgan fingerprint density at radius 3 is 2.67 bits per heavy atom. The average Bonchev–Trinajstić information content (AvgIpc) is 3.15. The molecule has 1 aliphatic carbocycles. The van der Waals surface area contributed by atoms with E-state index in [1.54, 1.807) is 18.3 Å². The van der Waals surface area contributed by atoms with Crippen molar-refractivity contribution in [3.8, 4) is 0 Å². The van der Waals surface area contributed by atoms with E-state index < -0.39 is 0 Å². The van der Waals surface area contributed by atoms with Gasteiger partial charge in [0.1, 0.15) is 0 Å². The lowest BCUT2D eigenvalue weighted by Crippen LogP contribution is -2.36. The number of thioether (sulfide) groups is 1. The van der Waals surface area contributed by atoms with Crippen molar-refractivity contribution in [2.45, 2.75) is 44.3 Å². The molecule has 0 spiro atoms. The van der Waals surface area contributed by atoms with Gasteiger partial charge >= 0.3 is 0 Å². The molecule has 33 heavy (non-hydrogen) atoms. The topological polar surface area (TPSA) is 109 Å². The first kappa shape index (κ1) is 21.5. The zero-order chi connectivity index (χ0) is 22.6. The van der Waals surface area contributed by atoms with E-state index in [2.05, 4.69) is 49.1 Å². The summed E-state index contributed by atoms with van der Waals surface area (Å²) >= 11 is 0.884. The maximum absolute atomic E-state index is 11.7. The number of fused-ring (bicyclic) bond motifs is 1. The Labute approximate surface area is 195 Å². The smallest absolute Gasteiger partial charge is 0.290 e. The van der Waals surface area contributed by atoms with Crippen LogP contribution in [0.5, 0.6) is 0 Å². The summed E-state index contributed by atoms with van der Waals surface area (Å²) in [5.74, 6) is 0.155. The number of carbonyl (C=O) groups excluding carboxylic acids is 2. The van der Waals surface area contributed by atoms with Gasteiger partial charge in [0.05, 0.1) is 16.1 Å².